The van der Waals surface area contributed by atoms with E-state index in [2.05, 4.69) is 21.3 Å². The fraction of sp³-hybridized carbons (Fsp3) is 0.278. The Labute approximate surface area is 154 Å². The van der Waals surface area contributed by atoms with Crippen LogP contribution in [0, 0.1) is 0 Å². The Balaban J connectivity index is 1.69. The molecule has 0 bridgehead atoms. The molecule has 1 aromatic carbocycles. The number of thiophene rings is 1. The molecule has 0 aliphatic heterocycles. The molecule has 2 heterocycles. The van der Waals surface area contributed by atoms with Gasteiger partial charge in [0.25, 0.3) is 5.91 Å². The van der Waals surface area contributed by atoms with Crippen molar-refractivity contribution >= 4 is 56.3 Å². The first-order chi connectivity index (χ1) is 11.6. The summed E-state index contributed by atoms with van der Waals surface area (Å²) in [7, 11) is 0. The van der Waals surface area contributed by atoms with Crippen molar-refractivity contribution in [2.24, 2.45) is 0 Å². The number of benzene rings is 1. The van der Waals surface area contributed by atoms with Crippen LogP contribution in [-0.4, -0.2) is 10.5 Å². The van der Waals surface area contributed by atoms with Crippen LogP contribution in [0.25, 0.3) is 10.2 Å². The van der Waals surface area contributed by atoms with E-state index in [-0.39, 0.29) is 5.91 Å². The van der Waals surface area contributed by atoms with Crippen molar-refractivity contribution in [3.63, 3.8) is 0 Å². The van der Waals surface area contributed by atoms with Gasteiger partial charge in [0, 0.05) is 11.7 Å². The lowest BCUT2D eigenvalue weighted by molar-refractivity contribution is 0.101. The summed E-state index contributed by atoms with van der Waals surface area (Å²) >= 11 is 13.6. The lowest BCUT2D eigenvalue weighted by Crippen LogP contribution is -2.19. The average Bonchev–Trinajstić information content (AvgIpc) is 3.26. The Morgan fingerprint density at radius 3 is 2.67 bits per heavy atom. The molecule has 0 radical (unpaired) electrons. The summed E-state index contributed by atoms with van der Waals surface area (Å²) in [4.78, 5) is 12.9. The number of halogens is 2. The van der Waals surface area contributed by atoms with E-state index in [0.29, 0.717) is 21.8 Å². The van der Waals surface area contributed by atoms with Gasteiger partial charge in [-0.05, 0) is 48.6 Å². The van der Waals surface area contributed by atoms with Gasteiger partial charge in [-0.15, -0.1) is 11.3 Å². The summed E-state index contributed by atoms with van der Waals surface area (Å²) in [6.45, 7) is 0. The first-order valence-electron chi connectivity index (χ1n) is 7.98. The van der Waals surface area contributed by atoms with Crippen molar-refractivity contribution < 1.29 is 4.79 Å². The standard InChI is InChI=1S/C18H16Cl2N2OS/c19-13-6-5-11(9-14(13)20)21-18(23)16-10-17-15(7-8-24-17)22(16)12-3-1-2-4-12/h5-10,12H,1-4H2,(H,21,23). The molecule has 0 spiro atoms. The van der Waals surface area contributed by atoms with E-state index in [1.54, 1.807) is 29.5 Å². The van der Waals surface area contributed by atoms with Crippen molar-refractivity contribution in [2.45, 2.75) is 31.7 Å². The molecule has 1 aliphatic rings. The Bertz CT molecular complexity index is 909. The minimum absolute atomic E-state index is 0.108. The zero-order valence-electron chi connectivity index (χ0n) is 12.9. The van der Waals surface area contributed by atoms with Crippen LogP contribution in [0.5, 0.6) is 0 Å². The number of nitrogens with one attached hydrogen (secondary N) is 1. The molecule has 0 atom stereocenters. The molecular formula is C18H16Cl2N2OS. The number of carbonyl (C=O) groups is 1. The quantitative estimate of drug-likeness (QED) is 0.563. The third-order valence-electron chi connectivity index (χ3n) is 4.56. The van der Waals surface area contributed by atoms with E-state index in [4.69, 9.17) is 23.2 Å². The largest absolute Gasteiger partial charge is 0.333 e. The number of amides is 1. The lowest BCUT2D eigenvalue weighted by Gasteiger charge is -2.17. The predicted octanol–water partition coefficient (Wildman–Crippen LogP) is 6.38. The monoisotopic (exact) mass is 378 g/mol. The number of rotatable bonds is 3. The Morgan fingerprint density at radius 1 is 1.12 bits per heavy atom. The summed E-state index contributed by atoms with van der Waals surface area (Å²) < 4.78 is 3.37. The van der Waals surface area contributed by atoms with Gasteiger partial charge < -0.3 is 9.88 Å². The zero-order chi connectivity index (χ0) is 16.7. The fourth-order valence-corrected chi connectivity index (χ4v) is 4.55. The van der Waals surface area contributed by atoms with Gasteiger partial charge >= 0.3 is 0 Å². The second-order valence-corrected chi connectivity index (χ2v) is 7.85. The van der Waals surface area contributed by atoms with Crippen molar-refractivity contribution in [1.29, 1.82) is 0 Å². The third kappa shape index (κ3) is 2.83. The molecule has 6 heteroatoms. The van der Waals surface area contributed by atoms with Crippen LogP contribution in [0.15, 0.2) is 35.7 Å². The lowest BCUT2D eigenvalue weighted by atomic mass is 10.2. The number of hydrogen-bond donors (Lipinski definition) is 1. The smallest absolute Gasteiger partial charge is 0.272 e. The summed E-state index contributed by atoms with van der Waals surface area (Å²) in [5.74, 6) is -0.108. The first-order valence-corrected chi connectivity index (χ1v) is 9.62. The Hall–Kier alpha value is -1.49. The number of fused-ring (bicyclic) bond motifs is 1. The van der Waals surface area contributed by atoms with Crippen molar-refractivity contribution in [3.05, 3.63) is 51.5 Å². The maximum atomic E-state index is 12.9. The van der Waals surface area contributed by atoms with Gasteiger partial charge in [0.05, 0.1) is 20.3 Å². The van der Waals surface area contributed by atoms with E-state index in [9.17, 15) is 4.79 Å². The molecular weight excluding hydrogens is 363 g/mol. The highest BCUT2D eigenvalue weighted by Crippen LogP contribution is 2.36. The molecule has 124 valence electrons. The van der Waals surface area contributed by atoms with Crippen LogP contribution in [0.4, 0.5) is 5.69 Å². The minimum Gasteiger partial charge on any atom is -0.333 e. The van der Waals surface area contributed by atoms with Gasteiger partial charge in [0.15, 0.2) is 0 Å². The molecule has 0 unspecified atom stereocenters. The van der Waals surface area contributed by atoms with Crippen molar-refractivity contribution in [1.82, 2.24) is 4.57 Å². The van der Waals surface area contributed by atoms with Gasteiger partial charge in [-0.25, -0.2) is 0 Å². The summed E-state index contributed by atoms with van der Waals surface area (Å²) in [5, 5.41) is 5.93. The topological polar surface area (TPSA) is 34.0 Å². The van der Waals surface area contributed by atoms with E-state index < -0.39 is 0 Å². The van der Waals surface area contributed by atoms with Crippen LogP contribution < -0.4 is 5.32 Å². The van der Waals surface area contributed by atoms with Crippen LogP contribution in [0.1, 0.15) is 42.2 Å². The Morgan fingerprint density at radius 2 is 1.92 bits per heavy atom. The summed E-state index contributed by atoms with van der Waals surface area (Å²) in [6, 6.07) is 9.63. The number of anilines is 1. The molecule has 1 saturated carbocycles. The molecule has 1 amide bonds. The van der Waals surface area contributed by atoms with E-state index in [1.807, 2.05) is 6.07 Å². The molecule has 1 fully saturated rings. The molecule has 1 aliphatic carbocycles. The highest BCUT2D eigenvalue weighted by Gasteiger charge is 2.25. The van der Waals surface area contributed by atoms with Gasteiger partial charge in [0.2, 0.25) is 0 Å². The van der Waals surface area contributed by atoms with E-state index in [0.717, 1.165) is 28.8 Å². The second-order valence-electron chi connectivity index (χ2n) is 6.09. The van der Waals surface area contributed by atoms with Crippen LogP contribution in [-0.2, 0) is 0 Å². The highest BCUT2D eigenvalue weighted by molar-refractivity contribution is 7.17. The van der Waals surface area contributed by atoms with Crippen LogP contribution in [0.2, 0.25) is 10.0 Å². The zero-order valence-corrected chi connectivity index (χ0v) is 15.2. The van der Waals surface area contributed by atoms with Gasteiger partial charge in [-0.1, -0.05) is 36.0 Å². The fourth-order valence-electron chi connectivity index (χ4n) is 3.44. The molecule has 3 aromatic rings. The van der Waals surface area contributed by atoms with Crippen LogP contribution >= 0.6 is 34.5 Å². The average molecular weight is 379 g/mol. The second kappa shape index (κ2) is 6.43. The van der Waals surface area contributed by atoms with Crippen molar-refractivity contribution in [3.8, 4) is 0 Å². The van der Waals surface area contributed by atoms with E-state index >= 15 is 0 Å². The van der Waals surface area contributed by atoms with Gasteiger partial charge in [0.1, 0.15) is 5.69 Å². The van der Waals surface area contributed by atoms with Crippen molar-refractivity contribution in [2.75, 3.05) is 5.32 Å². The van der Waals surface area contributed by atoms with Gasteiger partial charge in [-0.3, -0.25) is 4.79 Å². The number of nitrogens with zero attached hydrogens (tertiary/aromatic N) is 1. The molecule has 24 heavy (non-hydrogen) atoms. The number of aromatic nitrogens is 1. The summed E-state index contributed by atoms with van der Waals surface area (Å²) in [6.07, 6.45) is 4.71. The third-order valence-corrected chi connectivity index (χ3v) is 6.15. The summed E-state index contributed by atoms with van der Waals surface area (Å²) in [5.41, 5.74) is 2.53. The van der Waals surface area contributed by atoms with Gasteiger partial charge in [-0.2, -0.15) is 0 Å². The normalized spacial score (nSPS) is 15.2. The maximum absolute atomic E-state index is 12.9. The minimum atomic E-state index is -0.108. The molecule has 0 saturated heterocycles. The number of hydrogen-bond acceptors (Lipinski definition) is 2. The number of carbonyl (C=O) groups excluding carboxylic acids is 1. The SMILES string of the molecule is O=C(Nc1ccc(Cl)c(Cl)c1)c1cc2sccc2n1C1CCCC1. The van der Waals surface area contributed by atoms with Crippen LogP contribution in [0.3, 0.4) is 0 Å². The molecule has 4 rings (SSSR count). The highest BCUT2D eigenvalue weighted by atomic mass is 35.5. The maximum Gasteiger partial charge on any atom is 0.272 e. The first kappa shape index (κ1) is 16.0. The molecule has 1 N–H and O–H groups in total. The predicted molar refractivity (Wildman–Crippen MR) is 102 cm³/mol. The molecule has 3 nitrogen and oxygen atoms in total. The Kier molecular flexibility index (Phi) is 4.29. The molecule has 2 aromatic heterocycles. The van der Waals surface area contributed by atoms with E-state index in [1.165, 1.54) is 12.8 Å².